The van der Waals surface area contributed by atoms with Crippen molar-refractivity contribution in [3.63, 3.8) is 0 Å². The largest absolute Gasteiger partial charge is 0.444 e. The van der Waals surface area contributed by atoms with Crippen molar-refractivity contribution >= 4 is 29.2 Å². The summed E-state index contributed by atoms with van der Waals surface area (Å²) in [7, 11) is 0. The number of carbonyl (C=O) groups excluding carboxylic acids is 1. The summed E-state index contributed by atoms with van der Waals surface area (Å²) in [6.45, 7) is 8.23. The van der Waals surface area contributed by atoms with Crippen LogP contribution in [0.2, 0.25) is 5.02 Å². The molecule has 204 valence electrons. The van der Waals surface area contributed by atoms with Crippen LogP contribution in [0.5, 0.6) is 0 Å². The van der Waals surface area contributed by atoms with Crippen molar-refractivity contribution in [1.29, 1.82) is 0 Å². The Bertz CT molecular complexity index is 1060. The molecule has 1 saturated carbocycles. The van der Waals surface area contributed by atoms with Crippen molar-refractivity contribution in [2.75, 3.05) is 18.0 Å². The van der Waals surface area contributed by atoms with Gasteiger partial charge in [0.15, 0.2) is 0 Å². The number of ether oxygens (including phenoxy) is 2. The van der Waals surface area contributed by atoms with Gasteiger partial charge >= 0.3 is 12.3 Å². The van der Waals surface area contributed by atoms with Gasteiger partial charge in [0, 0.05) is 16.6 Å². The number of halogens is 4. The van der Waals surface area contributed by atoms with Gasteiger partial charge in [-0.05, 0) is 83.2 Å². The predicted octanol–water partition coefficient (Wildman–Crippen LogP) is 7.11. The fourth-order valence-electron chi connectivity index (χ4n) is 5.25. The van der Waals surface area contributed by atoms with E-state index >= 15 is 0 Å². The number of aliphatic imine (C=N–C) groups is 1. The number of hydrogen-bond acceptors (Lipinski definition) is 5. The van der Waals surface area contributed by atoms with Crippen LogP contribution in [0, 0.1) is 5.92 Å². The van der Waals surface area contributed by atoms with Crippen LogP contribution < -0.4 is 4.90 Å². The Balaban J connectivity index is 1.52. The van der Waals surface area contributed by atoms with E-state index in [-0.39, 0.29) is 12.0 Å². The number of fused-ring (bicyclic) bond motifs is 3. The second-order valence-electron chi connectivity index (χ2n) is 11.1. The highest BCUT2D eigenvalue weighted by atomic mass is 35.5. The summed E-state index contributed by atoms with van der Waals surface area (Å²) < 4.78 is 49.5. The standard InChI is InChI=1S/C27H35ClF3N3O3/c1-17(14-27(29,30)31)36-22-8-5-18(6-9-22)24-32-12-11-21-16-33(25(35)37-26(2,3)4)15-19-13-20(28)7-10-23(19)34(21)24/h7,10-11,13,17-18,22H,5-6,8-9,12,14-16H2,1-4H3/t17?,18-,22-. The Labute approximate surface area is 221 Å². The van der Waals surface area contributed by atoms with Crippen LogP contribution in [0.1, 0.15) is 65.4 Å². The van der Waals surface area contributed by atoms with Gasteiger partial charge in [0.05, 0.1) is 44.0 Å². The van der Waals surface area contributed by atoms with E-state index in [0.29, 0.717) is 37.5 Å². The maximum Gasteiger partial charge on any atom is 0.410 e. The Morgan fingerprint density at radius 3 is 2.51 bits per heavy atom. The fourth-order valence-corrected chi connectivity index (χ4v) is 5.44. The molecule has 37 heavy (non-hydrogen) atoms. The molecule has 6 nitrogen and oxygen atoms in total. The van der Waals surface area contributed by atoms with Crippen LogP contribution >= 0.6 is 11.6 Å². The summed E-state index contributed by atoms with van der Waals surface area (Å²) in [6.07, 6.45) is -1.69. The molecule has 1 aliphatic carbocycles. The number of anilines is 1. The average Bonchev–Trinajstić information content (AvgIpc) is 2.93. The highest BCUT2D eigenvalue weighted by molar-refractivity contribution is 6.30. The molecule has 1 atom stereocenters. The SMILES string of the molecule is CC(CC(F)(F)F)O[C@H]1CC[C@H](C2=NCC=C3CN(C(=O)OC(C)(C)C)Cc4cc(Cl)ccc4N32)CC1. The van der Waals surface area contributed by atoms with Gasteiger partial charge in [0.25, 0.3) is 0 Å². The first-order valence-electron chi connectivity index (χ1n) is 12.8. The first kappa shape index (κ1) is 27.8. The molecule has 1 aromatic rings. The van der Waals surface area contributed by atoms with E-state index in [1.165, 1.54) is 6.92 Å². The van der Waals surface area contributed by atoms with E-state index in [0.717, 1.165) is 35.6 Å². The molecule has 0 bridgehead atoms. The summed E-state index contributed by atoms with van der Waals surface area (Å²) in [5.74, 6) is 1.06. The molecule has 1 fully saturated rings. The zero-order chi connectivity index (χ0) is 27.0. The van der Waals surface area contributed by atoms with Gasteiger partial charge in [-0.15, -0.1) is 0 Å². The lowest BCUT2D eigenvalue weighted by atomic mass is 9.85. The molecule has 0 radical (unpaired) electrons. The van der Waals surface area contributed by atoms with Crippen molar-refractivity contribution in [3.8, 4) is 0 Å². The minimum Gasteiger partial charge on any atom is -0.444 e. The normalized spacial score (nSPS) is 23.4. The number of nitrogens with zero attached hydrogens (tertiary/aromatic N) is 3. The van der Waals surface area contributed by atoms with Crippen LogP contribution in [-0.2, 0) is 16.0 Å². The van der Waals surface area contributed by atoms with E-state index in [4.69, 9.17) is 26.1 Å². The van der Waals surface area contributed by atoms with E-state index in [1.54, 1.807) is 4.90 Å². The van der Waals surface area contributed by atoms with Crippen LogP contribution in [0.4, 0.5) is 23.7 Å². The first-order valence-corrected chi connectivity index (χ1v) is 13.2. The van der Waals surface area contributed by atoms with Crippen LogP contribution in [0.25, 0.3) is 0 Å². The third kappa shape index (κ3) is 7.19. The first-order chi connectivity index (χ1) is 17.3. The van der Waals surface area contributed by atoms with E-state index < -0.39 is 30.4 Å². The summed E-state index contributed by atoms with van der Waals surface area (Å²) >= 11 is 6.34. The molecule has 2 heterocycles. The Morgan fingerprint density at radius 2 is 1.86 bits per heavy atom. The van der Waals surface area contributed by atoms with E-state index in [2.05, 4.69) is 4.90 Å². The maximum atomic E-state index is 13.0. The van der Waals surface area contributed by atoms with Crippen LogP contribution in [0.15, 0.2) is 35.0 Å². The smallest absolute Gasteiger partial charge is 0.410 e. The second-order valence-corrected chi connectivity index (χ2v) is 11.5. The average molecular weight is 542 g/mol. The van der Waals surface area contributed by atoms with Crippen molar-refractivity contribution in [2.24, 2.45) is 10.9 Å². The molecule has 10 heteroatoms. The van der Waals surface area contributed by atoms with Crippen molar-refractivity contribution in [3.05, 3.63) is 40.6 Å². The van der Waals surface area contributed by atoms with Crippen molar-refractivity contribution < 1.29 is 27.4 Å². The minimum absolute atomic E-state index is 0.137. The number of carbonyl (C=O) groups is 1. The number of hydrogen-bond donors (Lipinski definition) is 0. The second kappa shape index (κ2) is 10.8. The summed E-state index contributed by atoms with van der Waals surface area (Å²) in [5, 5.41) is 0.580. The molecular weight excluding hydrogens is 507 g/mol. The van der Waals surface area contributed by atoms with Gasteiger partial charge in [-0.25, -0.2) is 4.79 Å². The molecule has 1 amide bonds. The molecule has 1 aromatic carbocycles. The molecular formula is C27H35ClF3N3O3. The molecule has 0 spiro atoms. The summed E-state index contributed by atoms with van der Waals surface area (Å²) in [6, 6.07) is 5.66. The van der Waals surface area contributed by atoms with Gasteiger partial charge in [-0.3, -0.25) is 9.89 Å². The molecule has 0 saturated heterocycles. The minimum atomic E-state index is -4.23. The molecule has 2 aliphatic heterocycles. The molecule has 0 aromatic heterocycles. The summed E-state index contributed by atoms with van der Waals surface area (Å²) in [4.78, 5) is 21.7. The molecule has 1 unspecified atom stereocenters. The van der Waals surface area contributed by atoms with Gasteiger partial charge in [0.1, 0.15) is 11.4 Å². The van der Waals surface area contributed by atoms with Gasteiger partial charge in [-0.1, -0.05) is 11.6 Å². The number of rotatable bonds is 4. The van der Waals surface area contributed by atoms with E-state index in [1.807, 2.05) is 45.0 Å². The van der Waals surface area contributed by atoms with Gasteiger partial charge in [0.2, 0.25) is 0 Å². The molecule has 4 rings (SSSR count). The Morgan fingerprint density at radius 1 is 1.16 bits per heavy atom. The summed E-state index contributed by atoms with van der Waals surface area (Å²) in [5.41, 5.74) is 2.16. The zero-order valence-corrected chi connectivity index (χ0v) is 22.5. The third-order valence-corrected chi connectivity index (χ3v) is 6.96. The number of alkyl halides is 3. The number of amidine groups is 1. The lowest BCUT2D eigenvalue weighted by Crippen LogP contribution is -2.43. The number of benzene rings is 1. The zero-order valence-electron chi connectivity index (χ0n) is 21.8. The Hall–Kier alpha value is -2.26. The lowest BCUT2D eigenvalue weighted by molar-refractivity contribution is -0.166. The molecule has 3 aliphatic rings. The van der Waals surface area contributed by atoms with E-state index in [9.17, 15) is 18.0 Å². The lowest BCUT2D eigenvalue weighted by Gasteiger charge is -2.38. The van der Waals surface area contributed by atoms with Crippen LogP contribution in [-0.4, -0.2) is 53.9 Å². The predicted molar refractivity (Wildman–Crippen MR) is 138 cm³/mol. The fraction of sp³-hybridized carbons (Fsp3) is 0.630. The van der Waals surface area contributed by atoms with Crippen molar-refractivity contribution in [2.45, 2.75) is 90.3 Å². The quantitative estimate of drug-likeness (QED) is 0.407. The third-order valence-electron chi connectivity index (χ3n) is 6.73. The Kier molecular flexibility index (Phi) is 8.14. The van der Waals surface area contributed by atoms with Crippen LogP contribution in [0.3, 0.4) is 0 Å². The topological polar surface area (TPSA) is 54.4 Å². The molecule has 0 N–H and O–H groups in total. The maximum absolute atomic E-state index is 13.0. The van der Waals surface area contributed by atoms with Gasteiger partial charge < -0.3 is 14.4 Å². The van der Waals surface area contributed by atoms with Gasteiger partial charge in [-0.2, -0.15) is 13.2 Å². The monoisotopic (exact) mass is 541 g/mol. The van der Waals surface area contributed by atoms with Crippen molar-refractivity contribution in [1.82, 2.24) is 4.90 Å². The highest BCUT2D eigenvalue weighted by Crippen LogP contribution is 2.38. The highest BCUT2D eigenvalue weighted by Gasteiger charge is 2.37. The number of amides is 1.